The van der Waals surface area contributed by atoms with E-state index in [0.29, 0.717) is 0 Å². The standard InChI is InChI=1S/C16H26N2O2/c1-13(19)14-4-6-15(7-5-14)18-10-8-17(9-11-18)12-16(2,3)20/h4-7,13,19-20H,8-12H2,1-3H3/t13-/m1/s1. The van der Waals surface area contributed by atoms with Crippen molar-refractivity contribution in [1.29, 1.82) is 0 Å². The zero-order valence-corrected chi connectivity index (χ0v) is 12.7. The Balaban J connectivity index is 1.90. The molecule has 1 fully saturated rings. The molecule has 4 heteroatoms. The number of piperazine rings is 1. The fourth-order valence-corrected chi connectivity index (χ4v) is 2.68. The number of benzene rings is 1. The minimum atomic E-state index is -0.624. The zero-order valence-electron chi connectivity index (χ0n) is 12.7. The summed E-state index contributed by atoms with van der Waals surface area (Å²) in [6, 6.07) is 8.13. The highest BCUT2D eigenvalue weighted by Gasteiger charge is 2.22. The van der Waals surface area contributed by atoms with Gasteiger partial charge in [-0.3, -0.25) is 4.90 Å². The number of hydrogen-bond acceptors (Lipinski definition) is 4. The minimum absolute atomic E-state index is 0.410. The molecule has 2 rings (SSSR count). The summed E-state index contributed by atoms with van der Waals surface area (Å²) in [5.41, 5.74) is 1.54. The fourth-order valence-electron chi connectivity index (χ4n) is 2.68. The average Bonchev–Trinajstić information content (AvgIpc) is 2.38. The van der Waals surface area contributed by atoms with Gasteiger partial charge in [-0.05, 0) is 38.5 Å². The van der Waals surface area contributed by atoms with Gasteiger partial charge in [-0.15, -0.1) is 0 Å². The van der Waals surface area contributed by atoms with Gasteiger partial charge in [0.05, 0.1) is 11.7 Å². The van der Waals surface area contributed by atoms with E-state index in [9.17, 15) is 10.2 Å². The van der Waals surface area contributed by atoms with Gasteiger partial charge in [0.15, 0.2) is 0 Å². The average molecular weight is 278 g/mol. The molecular formula is C16H26N2O2. The number of hydrogen-bond donors (Lipinski definition) is 2. The Kier molecular flexibility index (Phi) is 4.68. The van der Waals surface area contributed by atoms with E-state index in [1.54, 1.807) is 6.92 Å². The van der Waals surface area contributed by atoms with Crippen molar-refractivity contribution in [3.63, 3.8) is 0 Å². The quantitative estimate of drug-likeness (QED) is 0.879. The predicted octanol–water partition coefficient (Wildman–Crippen LogP) is 1.63. The first-order valence-electron chi connectivity index (χ1n) is 7.33. The van der Waals surface area contributed by atoms with Gasteiger partial charge in [0.1, 0.15) is 0 Å². The Hall–Kier alpha value is -1.10. The van der Waals surface area contributed by atoms with E-state index < -0.39 is 11.7 Å². The lowest BCUT2D eigenvalue weighted by Crippen LogP contribution is -2.50. The van der Waals surface area contributed by atoms with Crippen LogP contribution < -0.4 is 4.90 Å². The van der Waals surface area contributed by atoms with Gasteiger partial charge in [0.25, 0.3) is 0 Å². The predicted molar refractivity (Wildman–Crippen MR) is 82.0 cm³/mol. The first-order valence-corrected chi connectivity index (χ1v) is 7.33. The van der Waals surface area contributed by atoms with E-state index in [0.717, 1.165) is 38.3 Å². The third-order valence-electron chi connectivity index (χ3n) is 3.72. The SMILES string of the molecule is C[C@@H](O)c1ccc(N2CCN(CC(C)(C)O)CC2)cc1. The van der Waals surface area contributed by atoms with Crippen LogP contribution in [-0.4, -0.2) is 53.4 Å². The molecule has 20 heavy (non-hydrogen) atoms. The van der Waals surface area contributed by atoms with Crippen LogP contribution in [0.4, 0.5) is 5.69 Å². The maximum absolute atomic E-state index is 9.86. The van der Waals surface area contributed by atoms with Crippen LogP contribution >= 0.6 is 0 Å². The van der Waals surface area contributed by atoms with Crippen LogP contribution in [0.1, 0.15) is 32.4 Å². The van der Waals surface area contributed by atoms with E-state index in [1.165, 1.54) is 5.69 Å². The lowest BCUT2D eigenvalue weighted by atomic mass is 10.1. The van der Waals surface area contributed by atoms with Crippen molar-refractivity contribution in [3.05, 3.63) is 29.8 Å². The Bertz CT molecular complexity index is 415. The van der Waals surface area contributed by atoms with Crippen LogP contribution in [0.15, 0.2) is 24.3 Å². The summed E-state index contributed by atoms with van der Waals surface area (Å²) >= 11 is 0. The molecule has 1 saturated heterocycles. The van der Waals surface area contributed by atoms with Crippen LogP contribution in [0.2, 0.25) is 0 Å². The molecule has 0 aliphatic carbocycles. The molecule has 0 spiro atoms. The second-order valence-corrected chi connectivity index (χ2v) is 6.34. The smallest absolute Gasteiger partial charge is 0.0761 e. The molecule has 0 aromatic heterocycles. The highest BCUT2D eigenvalue weighted by atomic mass is 16.3. The molecule has 0 radical (unpaired) electrons. The van der Waals surface area contributed by atoms with Crippen LogP contribution in [0.5, 0.6) is 0 Å². The van der Waals surface area contributed by atoms with Gasteiger partial charge in [-0.25, -0.2) is 0 Å². The molecule has 1 heterocycles. The maximum atomic E-state index is 9.86. The molecule has 1 aliphatic rings. The van der Waals surface area contributed by atoms with E-state index in [2.05, 4.69) is 21.9 Å². The summed E-state index contributed by atoms with van der Waals surface area (Å²) in [6.45, 7) is 10.1. The molecule has 1 aromatic carbocycles. The first-order chi connectivity index (χ1) is 9.35. The largest absolute Gasteiger partial charge is 0.389 e. The highest BCUT2D eigenvalue weighted by molar-refractivity contribution is 5.48. The third-order valence-corrected chi connectivity index (χ3v) is 3.72. The Morgan fingerprint density at radius 2 is 1.65 bits per heavy atom. The Labute approximate surface area is 121 Å². The van der Waals surface area contributed by atoms with Crippen molar-refractivity contribution in [1.82, 2.24) is 4.90 Å². The summed E-state index contributed by atoms with van der Waals surface area (Å²) in [6.07, 6.45) is -0.410. The zero-order chi connectivity index (χ0) is 14.8. The van der Waals surface area contributed by atoms with E-state index in [4.69, 9.17) is 0 Å². The first kappa shape index (κ1) is 15.3. The molecule has 1 atom stereocenters. The monoisotopic (exact) mass is 278 g/mol. The number of aliphatic hydroxyl groups excluding tert-OH is 1. The molecule has 0 unspecified atom stereocenters. The van der Waals surface area contributed by atoms with Crippen molar-refractivity contribution in [2.75, 3.05) is 37.6 Å². The number of nitrogens with zero attached hydrogens (tertiary/aromatic N) is 2. The summed E-state index contributed by atoms with van der Waals surface area (Å²) in [7, 11) is 0. The third kappa shape index (κ3) is 4.20. The van der Waals surface area contributed by atoms with Gasteiger partial charge in [0, 0.05) is 38.4 Å². The van der Waals surface area contributed by atoms with E-state index >= 15 is 0 Å². The van der Waals surface area contributed by atoms with Gasteiger partial charge in [0.2, 0.25) is 0 Å². The minimum Gasteiger partial charge on any atom is -0.389 e. The number of anilines is 1. The molecule has 112 valence electrons. The van der Waals surface area contributed by atoms with Crippen molar-refractivity contribution >= 4 is 5.69 Å². The Morgan fingerprint density at radius 3 is 2.10 bits per heavy atom. The van der Waals surface area contributed by atoms with Crippen LogP contribution in [0.25, 0.3) is 0 Å². The van der Waals surface area contributed by atoms with Crippen molar-refractivity contribution in [2.24, 2.45) is 0 Å². The fraction of sp³-hybridized carbons (Fsp3) is 0.625. The lowest BCUT2D eigenvalue weighted by Gasteiger charge is -2.38. The van der Waals surface area contributed by atoms with Crippen LogP contribution in [0, 0.1) is 0 Å². The van der Waals surface area contributed by atoms with E-state index in [-0.39, 0.29) is 0 Å². The summed E-state index contributed by atoms with van der Waals surface area (Å²) in [5, 5.41) is 19.4. The number of aliphatic hydroxyl groups is 2. The summed E-state index contributed by atoms with van der Waals surface area (Å²) in [5.74, 6) is 0. The normalized spacial score (nSPS) is 19.1. The topological polar surface area (TPSA) is 46.9 Å². The lowest BCUT2D eigenvalue weighted by molar-refractivity contribution is 0.0345. The summed E-state index contributed by atoms with van der Waals surface area (Å²) < 4.78 is 0. The van der Waals surface area contributed by atoms with Crippen molar-refractivity contribution < 1.29 is 10.2 Å². The molecular weight excluding hydrogens is 252 g/mol. The van der Waals surface area contributed by atoms with Crippen molar-refractivity contribution in [3.8, 4) is 0 Å². The second kappa shape index (κ2) is 6.12. The van der Waals surface area contributed by atoms with Gasteiger partial charge >= 0.3 is 0 Å². The van der Waals surface area contributed by atoms with Crippen LogP contribution in [-0.2, 0) is 0 Å². The second-order valence-electron chi connectivity index (χ2n) is 6.34. The van der Waals surface area contributed by atoms with Gasteiger partial charge in [-0.1, -0.05) is 12.1 Å². The molecule has 0 saturated carbocycles. The molecule has 4 nitrogen and oxygen atoms in total. The van der Waals surface area contributed by atoms with Gasteiger partial charge < -0.3 is 15.1 Å². The van der Waals surface area contributed by atoms with E-state index in [1.807, 2.05) is 26.0 Å². The molecule has 2 N–H and O–H groups in total. The van der Waals surface area contributed by atoms with Crippen LogP contribution in [0.3, 0.4) is 0 Å². The van der Waals surface area contributed by atoms with Crippen molar-refractivity contribution in [2.45, 2.75) is 32.5 Å². The summed E-state index contributed by atoms with van der Waals surface area (Å²) in [4.78, 5) is 4.66. The highest BCUT2D eigenvalue weighted by Crippen LogP contribution is 2.20. The molecule has 1 aliphatic heterocycles. The molecule has 1 aromatic rings. The van der Waals surface area contributed by atoms with Gasteiger partial charge in [-0.2, -0.15) is 0 Å². The number of β-amino-alcohol motifs (C(OH)–C–C–N with tert-alkyl or cyclic N) is 1. The molecule has 0 amide bonds. The maximum Gasteiger partial charge on any atom is 0.0761 e. The molecule has 0 bridgehead atoms. The number of rotatable bonds is 4. The Morgan fingerprint density at radius 1 is 1.10 bits per heavy atom.